The lowest BCUT2D eigenvalue weighted by Crippen LogP contribution is -2.51. The van der Waals surface area contributed by atoms with Gasteiger partial charge in [0.25, 0.3) is 11.8 Å². The zero-order valence-corrected chi connectivity index (χ0v) is 14.6. The van der Waals surface area contributed by atoms with E-state index in [1.54, 1.807) is 0 Å². The molecule has 1 aliphatic carbocycles. The van der Waals surface area contributed by atoms with Crippen LogP contribution in [0.25, 0.3) is 10.9 Å². The van der Waals surface area contributed by atoms with E-state index in [1.807, 2.05) is 0 Å². The van der Waals surface area contributed by atoms with Crippen LogP contribution in [0.2, 0.25) is 0 Å². The van der Waals surface area contributed by atoms with Crippen molar-refractivity contribution >= 4 is 28.7 Å². The van der Waals surface area contributed by atoms with Crippen LogP contribution in [-0.4, -0.2) is 28.0 Å². The minimum Gasteiger partial charge on any atom is -0.364 e. The molecular weight excluding hydrogens is 377 g/mol. The number of halogens is 3. The number of carbonyl (C=O) groups excluding carboxylic acids is 3. The number of nitrogens with zero attached hydrogens (tertiary/aromatic N) is 1. The summed E-state index contributed by atoms with van der Waals surface area (Å²) in [5.74, 6) is -1.52. The summed E-state index contributed by atoms with van der Waals surface area (Å²) in [4.78, 5) is 35.9. The Labute approximate surface area is 157 Å². The molecule has 1 aliphatic heterocycles. The first-order chi connectivity index (χ1) is 13.1. The molecule has 0 bridgehead atoms. The van der Waals surface area contributed by atoms with Crippen molar-refractivity contribution in [2.24, 2.45) is 11.7 Å². The number of urea groups is 1. The van der Waals surface area contributed by atoms with E-state index >= 15 is 0 Å². The fraction of sp³-hybridized carbons (Fsp3) is 0.389. The van der Waals surface area contributed by atoms with E-state index in [0.29, 0.717) is 24.8 Å². The second-order valence-corrected chi connectivity index (χ2v) is 7.24. The molecule has 2 atom stereocenters. The summed E-state index contributed by atoms with van der Waals surface area (Å²) in [6.07, 6.45) is -2.74. The normalized spacial score (nSPS) is 24.8. The van der Waals surface area contributed by atoms with Gasteiger partial charge in [-0.3, -0.25) is 14.9 Å². The van der Waals surface area contributed by atoms with E-state index < -0.39 is 35.1 Å². The van der Waals surface area contributed by atoms with Crippen LogP contribution in [0.15, 0.2) is 24.3 Å². The van der Waals surface area contributed by atoms with Crippen LogP contribution >= 0.6 is 0 Å². The summed E-state index contributed by atoms with van der Waals surface area (Å²) >= 11 is 0. The van der Waals surface area contributed by atoms with E-state index in [0.717, 1.165) is 12.1 Å². The van der Waals surface area contributed by atoms with Crippen molar-refractivity contribution in [1.82, 2.24) is 15.2 Å². The van der Waals surface area contributed by atoms with Gasteiger partial charge in [0.15, 0.2) is 0 Å². The number of rotatable bonds is 3. The predicted octanol–water partition coefficient (Wildman–Crippen LogP) is 2.14. The summed E-state index contributed by atoms with van der Waals surface area (Å²) in [5.41, 5.74) is 4.01. The first-order valence-corrected chi connectivity index (χ1v) is 8.76. The molecule has 7 nitrogen and oxygen atoms in total. The zero-order valence-electron chi connectivity index (χ0n) is 14.6. The van der Waals surface area contributed by atoms with E-state index in [1.165, 1.54) is 16.7 Å². The SMILES string of the molecule is NC(=O)c1cc2cc(C(F)(F)F)ccc2n1CC1CCCC12NC(=O)NC2=O. The molecule has 1 aromatic carbocycles. The molecule has 1 saturated heterocycles. The number of amides is 4. The highest BCUT2D eigenvalue weighted by atomic mass is 19.4. The van der Waals surface area contributed by atoms with E-state index in [4.69, 9.17) is 5.73 Å². The van der Waals surface area contributed by atoms with Gasteiger partial charge in [0.1, 0.15) is 11.2 Å². The number of primary amides is 1. The van der Waals surface area contributed by atoms with Gasteiger partial charge in [0.05, 0.1) is 5.56 Å². The number of imide groups is 1. The van der Waals surface area contributed by atoms with E-state index in [2.05, 4.69) is 10.6 Å². The maximum absolute atomic E-state index is 13.0. The summed E-state index contributed by atoms with van der Waals surface area (Å²) in [6.45, 7) is 0.167. The van der Waals surface area contributed by atoms with E-state index in [9.17, 15) is 27.6 Å². The van der Waals surface area contributed by atoms with Gasteiger partial charge in [0, 0.05) is 23.4 Å². The van der Waals surface area contributed by atoms with Crippen molar-refractivity contribution in [3.63, 3.8) is 0 Å². The number of hydrogen-bond acceptors (Lipinski definition) is 3. The van der Waals surface area contributed by atoms with Crippen molar-refractivity contribution in [3.05, 3.63) is 35.5 Å². The van der Waals surface area contributed by atoms with Crippen molar-refractivity contribution in [1.29, 1.82) is 0 Å². The fourth-order valence-corrected chi connectivity index (χ4v) is 4.36. The van der Waals surface area contributed by atoms with Crippen LogP contribution in [0.5, 0.6) is 0 Å². The standard InChI is InChI=1S/C18H17F3N4O3/c19-18(20,21)10-3-4-12-9(6-10)7-13(14(22)26)25(12)8-11-2-1-5-17(11)15(27)23-16(28)24-17/h3-4,6-7,11H,1-2,5,8H2,(H2,22,26)(H2,23,24,27,28). The smallest absolute Gasteiger partial charge is 0.364 e. The number of carbonyl (C=O) groups is 3. The summed E-state index contributed by atoms with van der Waals surface area (Å²) < 4.78 is 40.6. The number of fused-ring (bicyclic) bond motifs is 1. The second kappa shape index (κ2) is 5.98. The molecule has 2 heterocycles. The Morgan fingerprint density at radius 2 is 2.04 bits per heavy atom. The Bertz CT molecular complexity index is 1010. The van der Waals surface area contributed by atoms with Crippen molar-refractivity contribution in [2.75, 3.05) is 0 Å². The molecule has 2 unspecified atom stereocenters. The van der Waals surface area contributed by atoms with Gasteiger partial charge < -0.3 is 15.6 Å². The molecule has 4 rings (SSSR count). The highest BCUT2D eigenvalue weighted by Crippen LogP contribution is 2.40. The predicted molar refractivity (Wildman–Crippen MR) is 92.2 cm³/mol. The Hall–Kier alpha value is -3.04. The number of benzene rings is 1. The van der Waals surface area contributed by atoms with Gasteiger partial charge >= 0.3 is 12.2 Å². The maximum Gasteiger partial charge on any atom is 0.416 e. The van der Waals surface area contributed by atoms with Gasteiger partial charge in [-0.05, 0) is 37.1 Å². The van der Waals surface area contributed by atoms with Crippen LogP contribution in [0.3, 0.4) is 0 Å². The first-order valence-electron chi connectivity index (χ1n) is 8.76. The molecule has 2 aliphatic rings. The topological polar surface area (TPSA) is 106 Å². The Balaban J connectivity index is 1.77. The van der Waals surface area contributed by atoms with Crippen LogP contribution in [-0.2, 0) is 17.5 Å². The van der Waals surface area contributed by atoms with Crippen molar-refractivity contribution in [3.8, 4) is 0 Å². The van der Waals surface area contributed by atoms with Crippen LogP contribution in [0, 0.1) is 5.92 Å². The highest BCUT2D eigenvalue weighted by molar-refractivity contribution is 6.07. The quantitative estimate of drug-likeness (QED) is 0.695. The second-order valence-electron chi connectivity index (χ2n) is 7.24. The number of hydrogen-bond donors (Lipinski definition) is 3. The van der Waals surface area contributed by atoms with Gasteiger partial charge in [0.2, 0.25) is 0 Å². The van der Waals surface area contributed by atoms with Gasteiger partial charge in [-0.2, -0.15) is 13.2 Å². The molecule has 4 N–H and O–H groups in total. The highest BCUT2D eigenvalue weighted by Gasteiger charge is 2.54. The van der Waals surface area contributed by atoms with Gasteiger partial charge in [-0.25, -0.2) is 4.79 Å². The Morgan fingerprint density at radius 3 is 2.64 bits per heavy atom. The average molecular weight is 394 g/mol. The molecule has 1 spiro atoms. The lowest BCUT2D eigenvalue weighted by Gasteiger charge is -2.29. The lowest BCUT2D eigenvalue weighted by molar-refractivity contribution is -0.137. The third-order valence-corrected chi connectivity index (χ3v) is 5.67. The Kier molecular flexibility index (Phi) is 3.91. The van der Waals surface area contributed by atoms with Crippen LogP contribution < -0.4 is 16.4 Å². The molecule has 0 radical (unpaired) electrons. The zero-order chi connectivity index (χ0) is 20.3. The minimum atomic E-state index is -4.51. The summed E-state index contributed by atoms with van der Waals surface area (Å²) in [5, 5.41) is 5.16. The third kappa shape index (κ3) is 2.71. The number of nitrogens with one attached hydrogen (secondary N) is 2. The number of nitrogens with two attached hydrogens (primary N) is 1. The molecule has 2 aromatic rings. The molecule has 148 valence electrons. The number of alkyl halides is 3. The van der Waals surface area contributed by atoms with Crippen LogP contribution in [0.1, 0.15) is 35.3 Å². The minimum absolute atomic E-state index is 0.0566. The maximum atomic E-state index is 13.0. The van der Waals surface area contributed by atoms with Crippen LogP contribution in [0.4, 0.5) is 18.0 Å². The first kappa shape index (κ1) is 18.3. The summed E-state index contributed by atoms with van der Waals surface area (Å²) in [6, 6.07) is 3.95. The summed E-state index contributed by atoms with van der Waals surface area (Å²) in [7, 11) is 0. The molecule has 1 saturated carbocycles. The van der Waals surface area contributed by atoms with Gasteiger partial charge in [-0.15, -0.1) is 0 Å². The fourth-order valence-electron chi connectivity index (χ4n) is 4.36. The van der Waals surface area contributed by atoms with Crippen molar-refractivity contribution < 1.29 is 27.6 Å². The molecule has 10 heteroatoms. The number of aromatic nitrogens is 1. The monoisotopic (exact) mass is 394 g/mol. The van der Waals surface area contributed by atoms with Gasteiger partial charge in [-0.1, -0.05) is 6.42 Å². The van der Waals surface area contributed by atoms with Crippen molar-refractivity contribution in [2.45, 2.75) is 37.5 Å². The molecule has 1 aromatic heterocycles. The lowest BCUT2D eigenvalue weighted by atomic mass is 9.87. The average Bonchev–Trinajstić information content (AvgIpc) is 3.24. The Morgan fingerprint density at radius 1 is 1.29 bits per heavy atom. The third-order valence-electron chi connectivity index (χ3n) is 5.67. The van der Waals surface area contributed by atoms with E-state index in [-0.39, 0.29) is 23.5 Å². The molecule has 28 heavy (non-hydrogen) atoms. The molecule has 2 fully saturated rings. The largest absolute Gasteiger partial charge is 0.416 e. The molecule has 4 amide bonds. The molecular formula is C18H17F3N4O3.